The van der Waals surface area contributed by atoms with Gasteiger partial charge in [0.05, 0.1) is 61.9 Å². The van der Waals surface area contributed by atoms with Gasteiger partial charge in [-0.05, 0) is 409 Å². The maximum absolute atomic E-state index is 14.0. The van der Waals surface area contributed by atoms with E-state index in [1.165, 1.54) is 179 Å². The van der Waals surface area contributed by atoms with Gasteiger partial charge in [-0.2, -0.15) is 0 Å². The second-order valence-corrected chi connectivity index (χ2v) is 48.7. The molecule has 2 aromatic rings. The summed E-state index contributed by atoms with van der Waals surface area (Å²) in [5.74, 6) is 14.5. The molecule has 0 aromatic heterocycles. The van der Waals surface area contributed by atoms with Gasteiger partial charge in [0, 0.05) is 24.5 Å². The van der Waals surface area contributed by atoms with Crippen LogP contribution in [0.15, 0.2) is 73.3 Å². The summed E-state index contributed by atoms with van der Waals surface area (Å²) in [4.78, 5) is 107. The highest BCUT2D eigenvalue weighted by molar-refractivity contribution is 5.96. The van der Waals surface area contributed by atoms with Gasteiger partial charge in [0.1, 0.15) is 11.2 Å². The molecule has 770 valence electrons. The first-order chi connectivity index (χ1) is 66.8. The molecule has 0 heterocycles. The maximum Gasteiger partial charge on any atom is 0.338 e. The molecular formula is C122H186O16. The molecule has 0 aliphatic heterocycles. The van der Waals surface area contributed by atoms with Crippen molar-refractivity contribution in [2.24, 2.45) is 172 Å². The molecule has 12 aliphatic carbocycles. The fraction of sp³-hybridized carbons (Fsp3) is 0.803. The minimum atomic E-state index is -0.632. The molecule has 16 nitrogen and oxygen atoms in total. The molecule has 12 fully saturated rings. The summed E-state index contributed by atoms with van der Waals surface area (Å²) in [6.45, 7) is 31.8. The lowest BCUT2D eigenvalue weighted by Gasteiger charge is -2.44. The minimum Gasteiger partial charge on any atom is -0.465 e. The van der Waals surface area contributed by atoms with Gasteiger partial charge >= 0.3 is 47.8 Å². The van der Waals surface area contributed by atoms with Crippen LogP contribution in [-0.2, 0) is 57.1 Å². The third-order valence-corrected chi connectivity index (χ3v) is 39.7. The Kier molecular flexibility index (Phi) is 40.4. The van der Waals surface area contributed by atoms with Crippen molar-refractivity contribution in [3.63, 3.8) is 0 Å². The zero-order chi connectivity index (χ0) is 97.6. The van der Waals surface area contributed by atoms with E-state index < -0.39 is 29.1 Å². The van der Waals surface area contributed by atoms with Crippen LogP contribution < -0.4 is 0 Å². The molecule has 2 aromatic carbocycles. The zero-order valence-electron chi connectivity index (χ0n) is 87.7. The number of hydrogen-bond acceptors (Lipinski definition) is 16. The van der Waals surface area contributed by atoms with Crippen LogP contribution >= 0.6 is 0 Å². The predicted molar refractivity (Wildman–Crippen MR) is 546 cm³/mol. The summed E-state index contributed by atoms with van der Waals surface area (Å²) >= 11 is 0. The van der Waals surface area contributed by atoms with Crippen molar-refractivity contribution in [1.29, 1.82) is 0 Å². The topological polar surface area (TPSA) is 210 Å². The quantitative estimate of drug-likeness (QED) is 0.0261. The van der Waals surface area contributed by atoms with Crippen molar-refractivity contribution < 1.29 is 76.3 Å². The van der Waals surface area contributed by atoms with Gasteiger partial charge < -0.3 is 37.9 Å². The van der Waals surface area contributed by atoms with E-state index in [0.29, 0.717) is 235 Å². The highest BCUT2D eigenvalue weighted by Gasteiger charge is 2.61. The van der Waals surface area contributed by atoms with Gasteiger partial charge in [0.15, 0.2) is 0 Å². The first-order valence-corrected chi connectivity index (χ1v) is 57.7. The van der Waals surface area contributed by atoms with E-state index in [2.05, 4.69) is 75.5 Å². The van der Waals surface area contributed by atoms with Crippen molar-refractivity contribution in [2.75, 3.05) is 39.6 Å². The zero-order valence-corrected chi connectivity index (χ0v) is 87.7. The Morgan fingerprint density at radius 2 is 0.812 bits per heavy atom. The van der Waals surface area contributed by atoms with E-state index >= 15 is 0 Å². The van der Waals surface area contributed by atoms with E-state index in [-0.39, 0.29) is 35.8 Å². The SMILES string of the molecule is C=CC(=O)OCC1CC2C3CC(CC(C)(CC)OC(=O)c4cccc(C(=O)OCC5CC6C7CC(C(CC)COC(=O)CCCCCCC8C(CCCCCC)CCC(CCCCCCCC)C8CCCCCCC(=O)OCC(CCCC)C8CC9CCC(COC(=O)c%10cccc(C(=O)OC(C)(CC)CC%11CC%12CC%11C%11CC(COC(=O)C(=C)C)C[C@H]%12%11)c%10)CC(C)C8C9)C(C7)C6C5)c4)C(C3)C2C1. The molecule has 0 amide bonds. The standard InChI is InChI=1S/C122H186O16/c1-13-20-23-25-26-32-41-88-53-52-87(40-31-24-21-14-2)99(46-33-27-29-35-48-114(124)132-77-86(16-4)106-69-96-70-112(106)111-62-85(59-105(96)111)76-136-118(128)90-43-38-45-92(64-90)120(130)138-121(11,18-6)71-97-65-94-67-107(97)109-60-83(57-103(94)109)74-131-113(123)17-5)100(88)47-34-28-30-36-49-115(125)133-78-93(39-22-15-3)102-56-81-50-51-82(54-80(10)101(102)55-81)73-135-117(127)89-42-37-44-91(63-89)119(129)137-122(12,19-7)72-98-66-95-68-108(98)110-61-84(58-104(95)110)75-134-116(126)79(8)9/h17,37-38,42-45,63-64,80-88,93-112H,5,8,13-16,18-36,39-41,46-62,65-78H2,1-4,6-7,9-12H3/t80?,81?,82?,83?,84?,85?,86?,87?,88?,93?,94?,95?,96?,97?,98?,99?,100?,101?,102?,103?,104-,105?,106?,107?,108?,109?,110?,111?,112?,121?,122?/m1/s1. The number of hydrogen-bond donors (Lipinski definition) is 0. The third kappa shape index (κ3) is 28.3. The smallest absolute Gasteiger partial charge is 0.338 e. The predicted octanol–water partition coefficient (Wildman–Crippen LogP) is 29.5. The summed E-state index contributed by atoms with van der Waals surface area (Å²) in [5, 5.41) is 0. The third-order valence-electron chi connectivity index (χ3n) is 39.7. The van der Waals surface area contributed by atoms with E-state index in [1.807, 2.05) is 0 Å². The highest BCUT2D eigenvalue weighted by Crippen LogP contribution is 2.67. The first kappa shape index (κ1) is 107. The number of carbonyl (C=O) groups is 8. The van der Waals surface area contributed by atoms with Gasteiger partial charge in [0.2, 0.25) is 0 Å². The normalized spacial score (nSPS) is 33.0. The lowest BCUT2D eigenvalue weighted by atomic mass is 9.61. The Morgan fingerprint density at radius 1 is 0.391 bits per heavy atom. The Morgan fingerprint density at radius 3 is 1.30 bits per heavy atom. The Labute approximate surface area is 833 Å². The number of fused-ring (bicyclic) bond motifs is 17. The second-order valence-electron chi connectivity index (χ2n) is 48.7. The van der Waals surface area contributed by atoms with Crippen molar-refractivity contribution in [3.8, 4) is 0 Å². The van der Waals surface area contributed by atoms with Crippen molar-refractivity contribution in [3.05, 3.63) is 95.6 Å². The summed E-state index contributed by atoms with van der Waals surface area (Å²) in [6.07, 6.45) is 59.4. The Balaban J connectivity index is 0.484. The summed E-state index contributed by atoms with van der Waals surface area (Å²) < 4.78 is 48.8. The molecule has 12 aliphatic rings. The molecule has 138 heavy (non-hydrogen) atoms. The Hall–Kier alpha value is -6.32. The molecule has 31 atom stereocenters. The molecule has 8 bridgehead atoms. The molecule has 0 spiro atoms. The van der Waals surface area contributed by atoms with Gasteiger partial charge in [-0.3, -0.25) is 9.59 Å². The van der Waals surface area contributed by atoms with Crippen LogP contribution in [0.25, 0.3) is 0 Å². The first-order valence-electron chi connectivity index (χ1n) is 57.7. The summed E-state index contributed by atoms with van der Waals surface area (Å²) in [6, 6.07) is 13.9. The van der Waals surface area contributed by atoms with Crippen LogP contribution in [0.3, 0.4) is 0 Å². The van der Waals surface area contributed by atoms with Crippen LogP contribution in [-0.4, -0.2) is 98.6 Å². The van der Waals surface area contributed by atoms with Crippen LogP contribution in [0.2, 0.25) is 0 Å². The van der Waals surface area contributed by atoms with E-state index in [0.717, 1.165) is 152 Å². The molecule has 14 rings (SSSR count). The maximum atomic E-state index is 14.0. The van der Waals surface area contributed by atoms with Gasteiger partial charge in [-0.25, -0.2) is 28.8 Å². The lowest BCUT2D eigenvalue weighted by Crippen LogP contribution is -2.36. The molecule has 0 radical (unpaired) electrons. The fourth-order valence-corrected chi connectivity index (χ4v) is 32.4. The van der Waals surface area contributed by atoms with Crippen LogP contribution in [0, 0.1) is 172 Å². The number of esters is 8. The van der Waals surface area contributed by atoms with Crippen LogP contribution in [0.4, 0.5) is 0 Å². The van der Waals surface area contributed by atoms with E-state index in [4.69, 9.17) is 37.9 Å². The number of carbonyl (C=O) groups excluding carboxylic acids is 8. The second kappa shape index (κ2) is 51.9. The molecule has 0 saturated heterocycles. The highest BCUT2D eigenvalue weighted by atomic mass is 16.6. The van der Waals surface area contributed by atoms with Gasteiger partial charge in [-0.15, -0.1) is 0 Å². The van der Waals surface area contributed by atoms with Gasteiger partial charge in [0.25, 0.3) is 0 Å². The van der Waals surface area contributed by atoms with Crippen LogP contribution in [0.5, 0.6) is 0 Å². The largest absolute Gasteiger partial charge is 0.465 e. The molecule has 30 unspecified atom stereocenters. The van der Waals surface area contributed by atoms with Crippen molar-refractivity contribution in [2.45, 2.75) is 408 Å². The van der Waals surface area contributed by atoms with Crippen LogP contribution in [0.1, 0.15) is 438 Å². The lowest BCUT2D eigenvalue weighted by molar-refractivity contribution is -0.147. The molecule has 0 N–H and O–H groups in total. The average molecular weight is 1910 g/mol. The number of ether oxygens (including phenoxy) is 8. The number of benzene rings is 2. The van der Waals surface area contributed by atoms with E-state index in [1.54, 1.807) is 55.5 Å². The average Bonchev–Trinajstić information content (AvgIpc) is 1.59. The minimum absolute atomic E-state index is 0.0237. The molecule has 12 saturated carbocycles. The van der Waals surface area contributed by atoms with Crippen molar-refractivity contribution in [1.82, 2.24) is 0 Å². The van der Waals surface area contributed by atoms with Crippen molar-refractivity contribution >= 4 is 47.8 Å². The van der Waals surface area contributed by atoms with Gasteiger partial charge in [-0.1, -0.05) is 209 Å². The fourth-order valence-electron chi connectivity index (χ4n) is 32.4. The Bertz CT molecular complexity index is 4260. The molecular weight excluding hydrogens is 1720 g/mol. The number of rotatable bonds is 58. The summed E-state index contributed by atoms with van der Waals surface area (Å²) in [7, 11) is 0. The summed E-state index contributed by atoms with van der Waals surface area (Å²) in [5.41, 5.74) is 0.700. The van der Waals surface area contributed by atoms with E-state index in [9.17, 15) is 38.4 Å². The number of unbranched alkanes of at least 4 members (excludes halogenated alkanes) is 15. The monoisotopic (exact) mass is 1910 g/mol. The molecule has 16 heteroatoms.